The Labute approximate surface area is 119 Å². The van der Waals surface area contributed by atoms with Crippen molar-refractivity contribution < 1.29 is 4.74 Å². The quantitative estimate of drug-likeness (QED) is 0.930. The molecular weight excluding hydrogens is 250 g/mol. The second-order valence-electron chi connectivity index (χ2n) is 5.33. The van der Waals surface area contributed by atoms with Crippen LogP contribution in [0.25, 0.3) is 0 Å². The minimum Gasteiger partial charge on any atom is -0.493 e. The highest BCUT2D eigenvalue weighted by molar-refractivity contribution is 5.37. The lowest BCUT2D eigenvalue weighted by molar-refractivity contribution is 0.187. The Morgan fingerprint density at radius 1 is 1.25 bits per heavy atom. The summed E-state index contributed by atoms with van der Waals surface area (Å²) in [7, 11) is 0. The van der Waals surface area contributed by atoms with Gasteiger partial charge >= 0.3 is 0 Å². The van der Waals surface area contributed by atoms with Gasteiger partial charge in [-0.15, -0.1) is 0 Å². The van der Waals surface area contributed by atoms with E-state index < -0.39 is 0 Å². The van der Waals surface area contributed by atoms with E-state index in [0.29, 0.717) is 12.0 Å². The molecule has 2 atom stereocenters. The van der Waals surface area contributed by atoms with Crippen molar-refractivity contribution in [3.63, 3.8) is 0 Å². The predicted octanol–water partition coefficient (Wildman–Crippen LogP) is 2.64. The Morgan fingerprint density at radius 2 is 2.10 bits per heavy atom. The normalized spacial score (nSPS) is 21.1. The molecule has 0 fully saturated rings. The van der Waals surface area contributed by atoms with Gasteiger partial charge in [0.25, 0.3) is 0 Å². The van der Waals surface area contributed by atoms with Gasteiger partial charge in [0.15, 0.2) is 0 Å². The molecule has 1 aromatic heterocycles. The average molecular weight is 269 g/mol. The van der Waals surface area contributed by atoms with Crippen molar-refractivity contribution in [1.29, 1.82) is 0 Å². The number of hydrogen-bond donors (Lipinski definition) is 1. The van der Waals surface area contributed by atoms with Crippen LogP contribution < -0.4 is 10.1 Å². The number of nitrogens with one attached hydrogen (secondary N) is 1. The first-order valence-electron chi connectivity index (χ1n) is 6.96. The molecule has 1 aliphatic heterocycles. The molecule has 0 spiro atoms. The van der Waals surface area contributed by atoms with Gasteiger partial charge in [0.05, 0.1) is 18.0 Å². The van der Waals surface area contributed by atoms with Crippen LogP contribution >= 0.6 is 0 Å². The predicted molar refractivity (Wildman–Crippen MR) is 77.5 cm³/mol. The van der Waals surface area contributed by atoms with Gasteiger partial charge in [-0.05, 0) is 13.0 Å². The summed E-state index contributed by atoms with van der Waals surface area (Å²) in [5.41, 5.74) is 3.14. The summed E-state index contributed by atoms with van der Waals surface area (Å²) in [6.07, 6.45) is 3.64. The number of hydrogen-bond acceptors (Lipinski definition) is 4. The third kappa shape index (κ3) is 2.65. The number of aromatic nitrogens is 2. The lowest BCUT2D eigenvalue weighted by atomic mass is 9.92. The van der Waals surface area contributed by atoms with E-state index in [0.717, 1.165) is 30.3 Å². The molecular formula is C16H19N3O. The fourth-order valence-electron chi connectivity index (χ4n) is 2.53. The van der Waals surface area contributed by atoms with Crippen molar-refractivity contribution in [2.24, 2.45) is 5.92 Å². The lowest BCUT2D eigenvalue weighted by Crippen LogP contribution is -2.33. The van der Waals surface area contributed by atoms with Gasteiger partial charge in [-0.25, -0.2) is 0 Å². The molecule has 0 radical (unpaired) electrons. The minimum absolute atomic E-state index is 0.294. The van der Waals surface area contributed by atoms with E-state index in [1.165, 1.54) is 5.56 Å². The fourth-order valence-corrected chi connectivity index (χ4v) is 2.53. The first kappa shape index (κ1) is 13.1. The SMILES string of the molecule is Cc1cnc(CNC2c3ccccc3OCC2C)cn1. The van der Waals surface area contributed by atoms with E-state index in [2.05, 4.69) is 34.3 Å². The zero-order valence-electron chi connectivity index (χ0n) is 11.8. The lowest BCUT2D eigenvalue weighted by Gasteiger charge is -2.32. The maximum absolute atomic E-state index is 5.77. The van der Waals surface area contributed by atoms with Crippen LogP contribution in [-0.2, 0) is 6.54 Å². The van der Waals surface area contributed by atoms with Gasteiger partial charge in [0, 0.05) is 36.5 Å². The third-order valence-electron chi connectivity index (χ3n) is 3.66. The van der Waals surface area contributed by atoms with Crippen LogP contribution in [0.2, 0.25) is 0 Å². The van der Waals surface area contributed by atoms with Crippen molar-refractivity contribution in [3.8, 4) is 5.75 Å². The summed E-state index contributed by atoms with van der Waals surface area (Å²) < 4.78 is 5.77. The standard InChI is InChI=1S/C16H19N3O/c1-11-10-20-15-6-4-3-5-14(15)16(11)19-9-13-8-17-12(2)7-18-13/h3-8,11,16,19H,9-10H2,1-2H3. The maximum Gasteiger partial charge on any atom is 0.124 e. The van der Waals surface area contributed by atoms with Crippen molar-refractivity contribution in [3.05, 3.63) is 53.6 Å². The average Bonchev–Trinajstić information content (AvgIpc) is 2.48. The second kappa shape index (κ2) is 5.59. The topological polar surface area (TPSA) is 47.0 Å². The molecule has 2 heterocycles. The number of aryl methyl sites for hydroxylation is 1. The van der Waals surface area contributed by atoms with Crippen molar-refractivity contribution >= 4 is 0 Å². The molecule has 104 valence electrons. The number of ether oxygens (including phenoxy) is 1. The molecule has 0 aliphatic carbocycles. The Balaban J connectivity index is 1.75. The van der Waals surface area contributed by atoms with Crippen LogP contribution in [0, 0.1) is 12.8 Å². The van der Waals surface area contributed by atoms with E-state index in [1.54, 1.807) is 6.20 Å². The summed E-state index contributed by atoms with van der Waals surface area (Å²) >= 11 is 0. The fraction of sp³-hybridized carbons (Fsp3) is 0.375. The van der Waals surface area contributed by atoms with Gasteiger partial charge in [0.1, 0.15) is 5.75 Å². The molecule has 4 heteroatoms. The van der Waals surface area contributed by atoms with Gasteiger partial charge in [0.2, 0.25) is 0 Å². The molecule has 0 saturated heterocycles. The van der Waals surface area contributed by atoms with E-state index in [9.17, 15) is 0 Å². The Hall–Kier alpha value is -1.94. The number of benzene rings is 1. The van der Waals surface area contributed by atoms with Gasteiger partial charge in [-0.2, -0.15) is 0 Å². The molecule has 4 nitrogen and oxygen atoms in total. The zero-order chi connectivity index (χ0) is 13.9. The van der Waals surface area contributed by atoms with Crippen LogP contribution in [0.5, 0.6) is 5.75 Å². The largest absolute Gasteiger partial charge is 0.493 e. The van der Waals surface area contributed by atoms with E-state index in [4.69, 9.17) is 4.74 Å². The molecule has 0 amide bonds. The number of nitrogens with zero attached hydrogens (tertiary/aromatic N) is 2. The van der Waals surface area contributed by atoms with Crippen molar-refractivity contribution in [1.82, 2.24) is 15.3 Å². The van der Waals surface area contributed by atoms with E-state index in [1.807, 2.05) is 25.3 Å². The van der Waals surface area contributed by atoms with E-state index >= 15 is 0 Å². The summed E-state index contributed by atoms with van der Waals surface area (Å²) in [6.45, 7) is 5.61. The zero-order valence-corrected chi connectivity index (χ0v) is 11.8. The molecule has 3 rings (SSSR count). The summed E-state index contributed by atoms with van der Waals surface area (Å²) in [5, 5.41) is 3.58. The highest BCUT2D eigenvalue weighted by Gasteiger charge is 2.27. The molecule has 1 aromatic carbocycles. The summed E-state index contributed by atoms with van der Waals surface area (Å²) in [4.78, 5) is 8.67. The van der Waals surface area contributed by atoms with Gasteiger partial charge in [-0.1, -0.05) is 25.1 Å². The highest BCUT2D eigenvalue weighted by atomic mass is 16.5. The maximum atomic E-state index is 5.77. The summed E-state index contributed by atoms with van der Waals surface area (Å²) in [5.74, 6) is 1.42. The van der Waals surface area contributed by atoms with Crippen molar-refractivity contribution in [2.45, 2.75) is 26.4 Å². The number of rotatable bonds is 3. The monoisotopic (exact) mass is 269 g/mol. The third-order valence-corrected chi connectivity index (χ3v) is 3.66. The molecule has 2 unspecified atom stereocenters. The Bertz CT molecular complexity index is 583. The van der Waals surface area contributed by atoms with Crippen molar-refractivity contribution in [2.75, 3.05) is 6.61 Å². The smallest absolute Gasteiger partial charge is 0.124 e. The first-order valence-corrected chi connectivity index (χ1v) is 6.96. The molecule has 0 saturated carbocycles. The van der Waals surface area contributed by atoms with Crippen LogP contribution in [0.4, 0.5) is 0 Å². The van der Waals surface area contributed by atoms with Crippen LogP contribution in [0.15, 0.2) is 36.7 Å². The minimum atomic E-state index is 0.294. The van der Waals surface area contributed by atoms with Crippen LogP contribution in [0.1, 0.15) is 29.9 Å². The molecule has 20 heavy (non-hydrogen) atoms. The number of fused-ring (bicyclic) bond motifs is 1. The second-order valence-corrected chi connectivity index (χ2v) is 5.33. The Kier molecular flexibility index (Phi) is 3.65. The summed E-state index contributed by atoms with van der Waals surface area (Å²) in [6, 6.07) is 8.52. The first-order chi connectivity index (χ1) is 9.74. The van der Waals surface area contributed by atoms with E-state index in [-0.39, 0.29) is 0 Å². The molecule has 2 aromatic rings. The molecule has 0 bridgehead atoms. The molecule has 1 N–H and O–H groups in total. The molecule has 1 aliphatic rings. The van der Waals surface area contributed by atoms with Crippen LogP contribution in [-0.4, -0.2) is 16.6 Å². The van der Waals surface area contributed by atoms with Gasteiger partial charge < -0.3 is 10.1 Å². The highest BCUT2D eigenvalue weighted by Crippen LogP contribution is 2.34. The van der Waals surface area contributed by atoms with Gasteiger partial charge in [-0.3, -0.25) is 9.97 Å². The number of para-hydroxylation sites is 1. The Morgan fingerprint density at radius 3 is 2.90 bits per heavy atom. The van der Waals surface area contributed by atoms with Crippen LogP contribution in [0.3, 0.4) is 0 Å².